The van der Waals surface area contributed by atoms with Crippen LogP contribution in [0.1, 0.15) is 5.69 Å². The molecule has 2 rings (SSSR count). The molecule has 0 fully saturated rings. The van der Waals surface area contributed by atoms with Crippen molar-refractivity contribution < 1.29 is 0 Å². The maximum Gasteiger partial charge on any atom is 0.208 e. The summed E-state index contributed by atoms with van der Waals surface area (Å²) >= 11 is 9.13. The summed E-state index contributed by atoms with van der Waals surface area (Å²) in [5.41, 5.74) is 1.67. The summed E-state index contributed by atoms with van der Waals surface area (Å²) in [4.78, 5) is 8.27. The van der Waals surface area contributed by atoms with Crippen molar-refractivity contribution in [3.8, 4) is 0 Å². The van der Waals surface area contributed by atoms with Crippen molar-refractivity contribution in [3.63, 3.8) is 0 Å². The fraction of sp³-hybridized carbons (Fsp3) is 0.143. The standard InChI is InChI=1S/C7H5BrClN3/c1-4-2-6-11-5(8)3-12(6)7(9)10-4/h2-3H,1H3. The molecule has 0 unspecified atom stereocenters. The van der Waals surface area contributed by atoms with Crippen LogP contribution in [-0.4, -0.2) is 14.4 Å². The van der Waals surface area contributed by atoms with Crippen molar-refractivity contribution >= 4 is 33.2 Å². The number of halogens is 2. The zero-order valence-corrected chi connectivity index (χ0v) is 8.59. The Balaban J connectivity index is 2.88. The van der Waals surface area contributed by atoms with Gasteiger partial charge in [0.2, 0.25) is 5.28 Å². The third-order valence-electron chi connectivity index (χ3n) is 1.51. The van der Waals surface area contributed by atoms with E-state index in [1.54, 1.807) is 10.6 Å². The van der Waals surface area contributed by atoms with Crippen molar-refractivity contribution in [2.45, 2.75) is 6.92 Å². The summed E-state index contributed by atoms with van der Waals surface area (Å²) in [7, 11) is 0. The number of fused-ring (bicyclic) bond motifs is 1. The van der Waals surface area contributed by atoms with E-state index in [-0.39, 0.29) is 0 Å². The van der Waals surface area contributed by atoms with Crippen LogP contribution in [0.5, 0.6) is 0 Å². The Labute approximate surface area is 82.5 Å². The molecule has 0 aliphatic carbocycles. The Morgan fingerprint density at radius 1 is 1.50 bits per heavy atom. The Bertz CT molecular complexity index is 437. The van der Waals surface area contributed by atoms with Gasteiger partial charge in [0.1, 0.15) is 10.3 Å². The molecule has 12 heavy (non-hydrogen) atoms. The van der Waals surface area contributed by atoms with E-state index < -0.39 is 0 Å². The van der Waals surface area contributed by atoms with E-state index in [4.69, 9.17) is 11.6 Å². The third-order valence-corrected chi connectivity index (χ3v) is 2.16. The second-order valence-electron chi connectivity index (χ2n) is 2.46. The lowest BCUT2D eigenvalue weighted by atomic mass is 10.4. The smallest absolute Gasteiger partial charge is 0.208 e. The first-order valence-corrected chi connectivity index (χ1v) is 4.51. The summed E-state index contributed by atoms with van der Waals surface area (Å²) in [5, 5.41) is 0.434. The van der Waals surface area contributed by atoms with Crippen LogP contribution < -0.4 is 0 Å². The van der Waals surface area contributed by atoms with Crippen molar-refractivity contribution in [2.75, 3.05) is 0 Å². The highest BCUT2D eigenvalue weighted by molar-refractivity contribution is 9.10. The average Bonchev–Trinajstić information content (AvgIpc) is 2.29. The molecule has 0 bridgehead atoms. The van der Waals surface area contributed by atoms with Crippen molar-refractivity contribution in [1.29, 1.82) is 0 Å². The number of aromatic nitrogens is 3. The van der Waals surface area contributed by atoms with Crippen LogP contribution in [-0.2, 0) is 0 Å². The van der Waals surface area contributed by atoms with E-state index in [0.717, 1.165) is 15.9 Å². The highest BCUT2D eigenvalue weighted by Crippen LogP contribution is 2.15. The zero-order chi connectivity index (χ0) is 8.72. The molecule has 0 radical (unpaired) electrons. The minimum Gasteiger partial charge on any atom is -0.273 e. The first-order valence-electron chi connectivity index (χ1n) is 3.34. The van der Waals surface area contributed by atoms with Gasteiger partial charge in [-0.3, -0.25) is 4.40 Å². The summed E-state index contributed by atoms with van der Waals surface area (Å²) in [6.07, 6.45) is 1.78. The molecule has 0 aliphatic heterocycles. The molecule has 5 heteroatoms. The fourth-order valence-corrected chi connectivity index (χ4v) is 1.69. The lowest BCUT2D eigenvalue weighted by Gasteiger charge is -1.96. The molecular weight excluding hydrogens is 241 g/mol. The van der Waals surface area contributed by atoms with Crippen LogP contribution in [0, 0.1) is 6.92 Å². The molecule has 0 amide bonds. The molecule has 3 nitrogen and oxygen atoms in total. The molecule has 0 aliphatic rings. The number of hydrogen-bond donors (Lipinski definition) is 0. The minimum absolute atomic E-state index is 0.434. The summed E-state index contributed by atoms with van der Waals surface area (Å²) in [6.45, 7) is 1.88. The Morgan fingerprint density at radius 2 is 2.25 bits per heavy atom. The topological polar surface area (TPSA) is 30.2 Å². The zero-order valence-electron chi connectivity index (χ0n) is 6.25. The van der Waals surface area contributed by atoms with Gasteiger partial charge in [-0.25, -0.2) is 9.97 Å². The van der Waals surface area contributed by atoms with E-state index in [1.807, 2.05) is 13.0 Å². The van der Waals surface area contributed by atoms with Gasteiger partial charge in [0.25, 0.3) is 0 Å². The molecule has 0 spiro atoms. The van der Waals surface area contributed by atoms with Gasteiger partial charge < -0.3 is 0 Å². The van der Waals surface area contributed by atoms with E-state index in [1.165, 1.54) is 0 Å². The van der Waals surface area contributed by atoms with Crippen LogP contribution in [0.2, 0.25) is 5.28 Å². The molecule has 0 aromatic carbocycles. The van der Waals surface area contributed by atoms with Crippen LogP contribution in [0.3, 0.4) is 0 Å². The van der Waals surface area contributed by atoms with Gasteiger partial charge in [0.05, 0.1) is 0 Å². The van der Waals surface area contributed by atoms with E-state index in [2.05, 4.69) is 25.9 Å². The van der Waals surface area contributed by atoms with Crippen molar-refractivity contribution in [2.24, 2.45) is 0 Å². The number of aryl methyl sites for hydroxylation is 1. The second kappa shape index (κ2) is 2.71. The van der Waals surface area contributed by atoms with Gasteiger partial charge in [0, 0.05) is 18.0 Å². The molecular formula is C7H5BrClN3. The molecule has 0 saturated heterocycles. The van der Waals surface area contributed by atoms with Crippen molar-refractivity contribution in [1.82, 2.24) is 14.4 Å². The van der Waals surface area contributed by atoms with E-state index in [9.17, 15) is 0 Å². The first kappa shape index (κ1) is 8.01. The second-order valence-corrected chi connectivity index (χ2v) is 3.61. The highest BCUT2D eigenvalue weighted by atomic mass is 79.9. The first-order chi connectivity index (χ1) is 5.66. The highest BCUT2D eigenvalue weighted by Gasteiger charge is 2.03. The molecule has 0 saturated carbocycles. The van der Waals surface area contributed by atoms with Crippen LogP contribution in [0.25, 0.3) is 5.65 Å². The molecule has 0 atom stereocenters. The quantitative estimate of drug-likeness (QED) is 0.669. The number of hydrogen-bond acceptors (Lipinski definition) is 2. The lowest BCUT2D eigenvalue weighted by molar-refractivity contribution is 1.05. The van der Waals surface area contributed by atoms with Gasteiger partial charge in [0.15, 0.2) is 0 Å². The van der Waals surface area contributed by atoms with Crippen LogP contribution in [0.4, 0.5) is 0 Å². The van der Waals surface area contributed by atoms with Gasteiger partial charge >= 0.3 is 0 Å². The normalized spacial score (nSPS) is 10.9. The maximum absolute atomic E-state index is 5.87. The number of nitrogens with zero attached hydrogens (tertiary/aromatic N) is 3. The number of imidazole rings is 1. The van der Waals surface area contributed by atoms with Gasteiger partial charge in [-0.2, -0.15) is 0 Å². The van der Waals surface area contributed by atoms with Gasteiger partial charge in [-0.05, 0) is 34.5 Å². The average molecular weight is 246 g/mol. The predicted molar refractivity (Wildman–Crippen MR) is 50.4 cm³/mol. The largest absolute Gasteiger partial charge is 0.273 e. The van der Waals surface area contributed by atoms with E-state index in [0.29, 0.717) is 5.28 Å². The lowest BCUT2D eigenvalue weighted by Crippen LogP contribution is -1.91. The molecule has 62 valence electrons. The monoisotopic (exact) mass is 245 g/mol. The third kappa shape index (κ3) is 1.21. The Hall–Kier alpha value is -0.610. The molecule has 2 aromatic heterocycles. The van der Waals surface area contributed by atoms with Crippen LogP contribution in [0.15, 0.2) is 16.9 Å². The Kier molecular flexibility index (Phi) is 1.81. The van der Waals surface area contributed by atoms with Gasteiger partial charge in [-0.15, -0.1) is 0 Å². The van der Waals surface area contributed by atoms with Crippen LogP contribution >= 0.6 is 27.5 Å². The SMILES string of the molecule is Cc1cc2nc(Br)cn2c(Cl)n1. The van der Waals surface area contributed by atoms with Crippen molar-refractivity contribution in [3.05, 3.63) is 27.8 Å². The van der Waals surface area contributed by atoms with E-state index >= 15 is 0 Å². The number of rotatable bonds is 0. The van der Waals surface area contributed by atoms with Gasteiger partial charge in [-0.1, -0.05) is 0 Å². The molecule has 2 heterocycles. The molecule has 0 N–H and O–H groups in total. The molecule has 2 aromatic rings. The fourth-order valence-electron chi connectivity index (χ4n) is 1.03. The minimum atomic E-state index is 0.434. The summed E-state index contributed by atoms with van der Waals surface area (Å²) in [5.74, 6) is 0. The summed E-state index contributed by atoms with van der Waals surface area (Å²) < 4.78 is 2.48. The maximum atomic E-state index is 5.87. The predicted octanol–water partition coefficient (Wildman–Crippen LogP) is 2.45. The summed E-state index contributed by atoms with van der Waals surface area (Å²) in [6, 6.07) is 1.87. The Morgan fingerprint density at radius 3 is 3.00 bits per heavy atom.